The predicted molar refractivity (Wildman–Crippen MR) is 87.7 cm³/mol. The third-order valence-corrected chi connectivity index (χ3v) is 3.89. The zero-order chi connectivity index (χ0) is 15.7. The number of amides is 2. The van der Waals surface area contributed by atoms with Gasteiger partial charge in [0.25, 0.3) is 5.91 Å². The van der Waals surface area contributed by atoms with Crippen molar-refractivity contribution in [2.75, 3.05) is 4.90 Å². The second kappa shape index (κ2) is 5.78. The summed E-state index contributed by atoms with van der Waals surface area (Å²) < 4.78 is 0. The highest BCUT2D eigenvalue weighted by molar-refractivity contribution is 6.32. The van der Waals surface area contributed by atoms with E-state index in [0.29, 0.717) is 16.3 Å². The number of halogens is 1. The van der Waals surface area contributed by atoms with Gasteiger partial charge in [-0.1, -0.05) is 41.9 Å². The maximum absolute atomic E-state index is 12.5. The molecule has 0 bridgehead atoms. The molecule has 0 saturated carbocycles. The molecule has 0 aromatic heterocycles. The van der Waals surface area contributed by atoms with Crippen molar-refractivity contribution in [2.24, 2.45) is 0 Å². The van der Waals surface area contributed by atoms with E-state index in [0.717, 1.165) is 11.1 Å². The summed E-state index contributed by atoms with van der Waals surface area (Å²) in [5.74, 6) is -0.511. The van der Waals surface area contributed by atoms with E-state index in [1.807, 2.05) is 31.2 Å². The van der Waals surface area contributed by atoms with Gasteiger partial charge in [0, 0.05) is 10.6 Å². The Labute approximate surface area is 133 Å². The standard InChI is InChI=1S/C18H14ClNO2/c1-12-5-2-3-6-13(12)9-14-10-17(21)20(18(14)22)16-8-4-7-15(19)11-16/h2-9,11H,10H2,1H3/b14-9+. The molecule has 0 atom stereocenters. The Kier molecular flexibility index (Phi) is 3.82. The number of imide groups is 1. The smallest absolute Gasteiger partial charge is 0.261 e. The summed E-state index contributed by atoms with van der Waals surface area (Å²) in [7, 11) is 0. The molecule has 0 spiro atoms. The summed E-state index contributed by atoms with van der Waals surface area (Å²) in [5, 5.41) is 0.495. The second-order valence-electron chi connectivity index (χ2n) is 5.22. The number of hydrogen-bond acceptors (Lipinski definition) is 2. The normalized spacial score (nSPS) is 16.6. The minimum Gasteiger partial charge on any atom is -0.274 e. The van der Waals surface area contributed by atoms with Gasteiger partial charge in [0.05, 0.1) is 12.1 Å². The number of carbonyl (C=O) groups excluding carboxylic acids is 2. The fourth-order valence-corrected chi connectivity index (χ4v) is 2.68. The molecule has 3 rings (SSSR count). The molecule has 0 aliphatic carbocycles. The van der Waals surface area contributed by atoms with Gasteiger partial charge in [-0.05, 0) is 42.3 Å². The molecule has 1 aliphatic heterocycles. The Morgan fingerprint density at radius 2 is 1.86 bits per heavy atom. The molecule has 22 heavy (non-hydrogen) atoms. The Balaban J connectivity index is 1.97. The van der Waals surface area contributed by atoms with E-state index < -0.39 is 0 Å². The molecule has 1 aliphatic rings. The Bertz CT molecular complexity index is 795. The SMILES string of the molecule is Cc1ccccc1/C=C1\CC(=O)N(c2cccc(Cl)c2)C1=O. The summed E-state index contributed by atoms with van der Waals surface area (Å²) in [5.41, 5.74) is 3.03. The van der Waals surface area contributed by atoms with Crippen LogP contribution in [0.25, 0.3) is 6.08 Å². The van der Waals surface area contributed by atoms with Crippen LogP contribution in [0.5, 0.6) is 0 Å². The monoisotopic (exact) mass is 311 g/mol. The molecule has 110 valence electrons. The number of hydrogen-bond donors (Lipinski definition) is 0. The maximum atomic E-state index is 12.5. The highest BCUT2D eigenvalue weighted by Crippen LogP contribution is 2.29. The first-order chi connectivity index (χ1) is 10.6. The molecule has 1 saturated heterocycles. The lowest BCUT2D eigenvalue weighted by Gasteiger charge is -2.13. The quantitative estimate of drug-likeness (QED) is 0.621. The van der Waals surface area contributed by atoms with E-state index in [1.165, 1.54) is 4.90 Å². The molecular weight excluding hydrogens is 298 g/mol. The van der Waals surface area contributed by atoms with Gasteiger partial charge in [-0.2, -0.15) is 0 Å². The molecule has 0 unspecified atom stereocenters. The van der Waals surface area contributed by atoms with Gasteiger partial charge in [0.1, 0.15) is 0 Å². The zero-order valence-electron chi connectivity index (χ0n) is 12.0. The van der Waals surface area contributed by atoms with Crippen molar-refractivity contribution in [1.29, 1.82) is 0 Å². The van der Waals surface area contributed by atoms with Crippen molar-refractivity contribution in [3.63, 3.8) is 0 Å². The van der Waals surface area contributed by atoms with Crippen molar-refractivity contribution in [2.45, 2.75) is 13.3 Å². The van der Waals surface area contributed by atoms with Crippen LogP contribution in [0.15, 0.2) is 54.1 Å². The van der Waals surface area contributed by atoms with Crippen molar-refractivity contribution in [3.8, 4) is 0 Å². The number of anilines is 1. The van der Waals surface area contributed by atoms with Gasteiger partial charge >= 0.3 is 0 Å². The number of benzene rings is 2. The van der Waals surface area contributed by atoms with Gasteiger partial charge in [-0.15, -0.1) is 0 Å². The summed E-state index contributed by atoms with van der Waals surface area (Å²) in [6.07, 6.45) is 1.90. The summed E-state index contributed by atoms with van der Waals surface area (Å²) >= 11 is 5.94. The first-order valence-electron chi connectivity index (χ1n) is 6.95. The lowest BCUT2D eigenvalue weighted by atomic mass is 10.1. The number of aryl methyl sites for hydroxylation is 1. The average molecular weight is 312 g/mol. The Hall–Kier alpha value is -2.39. The molecule has 2 aromatic rings. The molecule has 3 nitrogen and oxygen atoms in total. The molecule has 4 heteroatoms. The second-order valence-corrected chi connectivity index (χ2v) is 5.65. The summed E-state index contributed by atoms with van der Waals surface area (Å²) in [6, 6.07) is 14.5. The number of carbonyl (C=O) groups is 2. The van der Waals surface area contributed by atoms with E-state index in [-0.39, 0.29) is 18.2 Å². The fraction of sp³-hybridized carbons (Fsp3) is 0.111. The molecular formula is C18H14ClNO2. The highest BCUT2D eigenvalue weighted by atomic mass is 35.5. The van der Waals surface area contributed by atoms with Crippen LogP contribution in [-0.4, -0.2) is 11.8 Å². The molecule has 2 aromatic carbocycles. The predicted octanol–water partition coefficient (Wildman–Crippen LogP) is 4.00. The lowest BCUT2D eigenvalue weighted by molar-refractivity contribution is -0.120. The van der Waals surface area contributed by atoms with Crippen LogP contribution in [0, 0.1) is 6.92 Å². The number of nitrogens with zero attached hydrogens (tertiary/aromatic N) is 1. The summed E-state index contributed by atoms with van der Waals surface area (Å²) in [6.45, 7) is 1.97. The van der Waals surface area contributed by atoms with Crippen LogP contribution in [-0.2, 0) is 9.59 Å². The topological polar surface area (TPSA) is 37.4 Å². The largest absolute Gasteiger partial charge is 0.274 e. The Morgan fingerprint density at radius 3 is 2.59 bits per heavy atom. The van der Waals surface area contributed by atoms with E-state index in [4.69, 9.17) is 11.6 Å². The number of rotatable bonds is 2. The van der Waals surface area contributed by atoms with E-state index in [1.54, 1.807) is 30.3 Å². The van der Waals surface area contributed by atoms with E-state index in [2.05, 4.69) is 0 Å². The van der Waals surface area contributed by atoms with Crippen LogP contribution in [0.2, 0.25) is 5.02 Å². The first kappa shape index (κ1) is 14.5. The van der Waals surface area contributed by atoms with Crippen molar-refractivity contribution < 1.29 is 9.59 Å². The summed E-state index contributed by atoms with van der Waals surface area (Å²) in [4.78, 5) is 25.9. The van der Waals surface area contributed by atoms with Crippen molar-refractivity contribution in [3.05, 3.63) is 70.3 Å². The average Bonchev–Trinajstić information content (AvgIpc) is 2.76. The molecule has 0 radical (unpaired) electrons. The van der Waals surface area contributed by atoms with Crippen molar-refractivity contribution in [1.82, 2.24) is 0 Å². The lowest BCUT2D eigenvalue weighted by Crippen LogP contribution is -2.28. The van der Waals surface area contributed by atoms with Gasteiger partial charge in [0.15, 0.2) is 0 Å². The van der Waals surface area contributed by atoms with Gasteiger partial charge in [-0.25, -0.2) is 4.90 Å². The minimum absolute atomic E-state index is 0.111. The van der Waals surface area contributed by atoms with Crippen LogP contribution >= 0.6 is 11.6 Å². The van der Waals surface area contributed by atoms with Gasteiger partial charge in [-0.3, -0.25) is 9.59 Å². The molecule has 1 fully saturated rings. The highest BCUT2D eigenvalue weighted by Gasteiger charge is 2.35. The minimum atomic E-state index is -0.282. The molecule has 2 amide bonds. The van der Waals surface area contributed by atoms with E-state index >= 15 is 0 Å². The maximum Gasteiger partial charge on any atom is 0.261 e. The molecule has 0 N–H and O–H groups in total. The van der Waals surface area contributed by atoms with Crippen molar-refractivity contribution >= 4 is 35.2 Å². The zero-order valence-corrected chi connectivity index (χ0v) is 12.8. The van der Waals surface area contributed by atoms with Crippen LogP contribution < -0.4 is 4.90 Å². The van der Waals surface area contributed by atoms with E-state index in [9.17, 15) is 9.59 Å². The first-order valence-corrected chi connectivity index (χ1v) is 7.33. The van der Waals surface area contributed by atoms with Gasteiger partial charge < -0.3 is 0 Å². The van der Waals surface area contributed by atoms with Crippen LogP contribution in [0.4, 0.5) is 5.69 Å². The Morgan fingerprint density at radius 1 is 1.09 bits per heavy atom. The molecule has 1 heterocycles. The fourth-order valence-electron chi connectivity index (χ4n) is 2.50. The third kappa shape index (κ3) is 2.68. The van der Waals surface area contributed by atoms with Gasteiger partial charge in [0.2, 0.25) is 5.91 Å². The van der Waals surface area contributed by atoms with Crippen LogP contribution in [0.1, 0.15) is 17.5 Å². The third-order valence-electron chi connectivity index (χ3n) is 3.65. The van der Waals surface area contributed by atoms with Crippen LogP contribution in [0.3, 0.4) is 0 Å².